The molecule has 200 valence electrons. The average Bonchev–Trinajstić information content (AvgIpc) is 2.85. The smallest absolute Gasteiger partial charge is 0.422 e. The van der Waals surface area contributed by atoms with E-state index in [1.807, 2.05) is 0 Å². The zero-order chi connectivity index (χ0) is 28.0. The van der Waals surface area contributed by atoms with Gasteiger partial charge in [0.15, 0.2) is 12.2 Å². The number of aliphatic hydroxyl groups is 1. The van der Waals surface area contributed by atoms with Gasteiger partial charge in [0.05, 0.1) is 11.3 Å². The van der Waals surface area contributed by atoms with Crippen LogP contribution in [0.1, 0.15) is 34.3 Å². The molecule has 3 aromatic rings. The van der Waals surface area contributed by atoms with E-state index in [0.717, 1.165) is 31.2 Å². The van der Waals surface area contributed by atoms with E-state index in [4.69, 9.17) is 26.2 Å². The van der Waals surface area contributed by atoms with Gasteiger partial charge >= 0.3 is 12.1 Å². The Balaban J connectivity index is 1.69. The Bertz CT molecular complexity index is 1430. The first-order valence-corrected chi connectivity index (χ1v) is 11.4. The van der Waals surface area contributed by atoms with E-state index in [1.165, 1.54) is 42.3 Å². The van der Waals surface area contributed by atoms with E-state index < -0.39 is 40.6 Å². The molecule has 12 heteroatoms. The van der Waals surface area contributed by atoms with Crippen LogP contribution in [0.25, 0.3) is 0 Å². The van der Waals surface area contributed by atoms with Gasteiger partial charge in [-0.1, -0.05) is 30.7 Å². The second kappa shape index (κ2) is 9.80. The van der Waals surface area contributed by atoms with Crippen LogP contribution in [-0.4, -0.2) is 41.9 Å². The van der Waals surface area contributed by atoms with Gasteiger partial charge in [0.25, 0.3) is 5.91 Å². The quantitative estimate of drug-likeness (QED) is 0.370. The van der Waals surface area contributed by atoms with Crippen molar-refractivity contribution in [2.24, 2.45) is 0 Å². The SMILES string of the molecule is C[C@H](c1ccc(Oc2ccc(F)c(C(=O)O)c2)cc1Cl)[C@@](O)(c1ccc2c(c1)OCC(=O)N2C)C(F)(F)F. The molecule has 0 spiro atoms. The number of amides is 1. The lowest BCUT2D eigenvalue weighted by atomic mass is 9.77. The van der Waals surface area contributed by atoms with Crippen molar-refractivity contribution in [3.63, 3.8) is 0 Å². The van der Waals surface area contributed by atoms with Gasteiger partial charge in [0.2, 0.25) is 0 Å². The van der Waals surface area contributed by atoms with Crippen molar-refractivity contribution in [1.29, 1.82) is 0 Å². The molecule has 1 amide bonds. The molecule has 0 bridgehead atoms. The maximum Gasteiger partial charge on any atom is 0.422 e. The van der Waals surface area contributed by atoms with Gasteiger partial charge in [-0.15, -0.1) is 0 Å². The molecule has 2 atom stereocenters. The third kappa shape index (κ3) is 4.74. The molecule has 0 aromatic heterocycles. The number of carboxylic acid groups (broad SMARTS) is 1. The van der Waals surface area contributed by atoms with Crippen molar-refractivity contribution in [3.8, 4) is 17.2 Å². The summed E-state index contributed by atoms with van der Waals surface area (Å²) in [7, 11) is 1.46. The van der Waals surface area contributed by atoms with E-state index in [-0.39, 0.29) is 46.0 Å². The van der Waals surface area contributed by atoms with Gasteiger partial charge in [0.1, 0.15) is 23.1 Å². The van der Waals surface area contributed by atoms with Crippen molar-refractivity contribution in [1.82, 2.24) is 0 Å². The molecule has 1 heterocycles. The largest absolute Gasteiger partial charge is 0.482 e. The molecule has 2 N–H and O–H groups in total. The standard InChI is InChI=1S/C26H20ClF4NO6/c1-13(17-6-4-16(11-19(17)27)38-15-5-7-20(28)18(10-15)24(34)35)25(36,26(29,30)31)14-3-8-21-22(9-14)37-12-23(33)32(21)2/h3-11,13,36H,12H2,1-2H3,(H,34,35)/t13-,25-/m1/s1. The lowest BCUT2D eigenvalue weighted by Gasteiger charge is -2.38. The predicted octanol–water partition coefficient (Wildman–Crippen LogP) is 5.88. The van der Waals surface area contributed by atoms with Gasteiger partial charge in [-0.05, 0) is 53.6 Å². The molecule has 1 aliphatic rings. The number of carbonyl (C=O) groups is 2. The number of likely N-dealkylation sites (N-methyl/N-ethyl adjacent to an activating group) is 1. The van der Waals surface area contributed by atoms with Crippen LogP contribution in [0.4, 0.5) is 23.2 Å². The third-order valence-corrected chi connectivity index (χ3v) is 6.72. The van der Waals surface area contributed by atoms with E-state index >= 15 is 0 Å². The third-order valence-electron chi connectivity index (χ3n) is 6.39. The highest BCUT2D eigenvalue weighted by Gasteiger charge is 2.59. The van der Waals surface area contributed by atoms with Crippen LogP contribution in [0.2, 0.25) is 5.02 Å². The van der Waals surface area contributed by atoms with Crippen molar-refractivity contribution < 1.29 is 46.8 Å². The average molecular weight is 554 g/mol. The molecule has 0 fully saturated rings. The number of hydrogen-bond donors (Lipinski definition) is 2. The van der Waals surface area contributed by atoms with Crippen LogP contribution in [0, 0.1) is 5.82 Å². The summed E-state index contributed by atoms with van der Waals surface area (Å²) in [6.07, 6.45) is -5.14. The van der Waals surface area contributed by atoms with Crippen molar-refractivity contribution >= 4 is 29.2 Å². The highest BCUT2D eigenvalue weighted by molar-refractivity contribution is 6.31. The number of alkyl halides is 3. The minimum absolute atomic E-state index is 0.00866. The highest BCUT2D eigenvalue weighted by Crippen LogP contribution is 2.51. The van der Waals surface area contributed by atoms with Crippen LogP contribution in [0.15, 0.2) is 54.6 Å². The van der Waals surface area contributed by atoms with Crippen LogP contribution in [0.3, 0.4) is 0 Å². The lowest BCUT2D eigenvalue weighted by molar-refractivity contribution is -0.274. The normalized spacial score (nSPS) is 15.8. The molecule has 0 saturated heterocycles. The maximum absolute atomic E-state index is 14.4. The molecule has 7 nitrogen and oxygen atoms in total. The first-order valence-electron chi connectivity index (χ1n) is 11.1. The summed E-state index contributed by atoms with van der Waals surface area (Å²) < 4.78 is 67.7. The maximum atomic E-state index is 14.4. The number of ether oxygens (including phenoxy) is 2. The summed E-state index contributed by atoms with van der Waals surface area (Å²) in [5, 5.41) is 20.1. The van der Waals surface area contributed by atoms with Crippen molar-refractivity contribution in [3.05, 3.63) is 82.1 Å². The van der Waals surface area contributed by atoms with Crippen LogP contribution < -0.4 is 14.4 Å². The fraction of sp³-hybridized carbons (Fsp3) is 0.231. The van der Waals surface area contributed by atoms with E-state index in [9.17, 15) is 32.3 Å². The summed E-state index contributed by atoms with van der Waals surface area (Å²) in [6, 6.07) is 10.1. The Kier molecular flexibility index (Phi) is 7.02. The Morgan fingerprint density at radius 3 is 2.39 bits per heavy atom. The lowest BCUT2D eigenvalue weighted by Crippen LogP contribution is -2.46. The summed E-state index contributed by atoms with van der Waals surface area (Å²) in [6.45, 7) is 0.798. The Labute approximate surface area is 218 Å². The van der Waals surface area contributed by atoms with Gasteiger partial charge < -0.3 is 24.6 Å². The molecule has 3 aromatic carbocycles. The number of nitrogens with zero attached hydrogens (tertiary/aromatic N) is 1. The molecule has 4 rings (SSSR count). The fourth-order valence-corrected chi connectivity index (χ4v) is 4.52. The summed E-state index contributed by atoms with van der Waals surface area (Å²) in [5.74, 6) is -4.46. The molecule has 0 unspecified atom stereocenters. The number of halogens is 5. The van der Waals surface area contributed by atoms with Gasteiger partial charge in [-0.25, -0.2) is 9.18 Å². The molecular formula is C26H20ClF4NO6. The first-order chi connectivity index (χ1) is 17.7. The van der Waals surface area contributed by atoms with Crippen LogP contribution in [-0.2, 0) is 10.4 Å². The predicted molar refractivity (Wildman–Crippen MR) is 129 cm³/mol. The number of aromatic carboxylic acids is 1. The van der Waals surface area contributed by atoms with E-state index in [2.05, 4.69) is 0 Å². The zero-order valence-corrected chi connectivity index (χ0v) is 20.6. The fourth-order valence-electron chi connectivity index (χ4n) is 4.19. The van der Waals surface area contributed by atoms with Gasteiger partial charge in [0, 0.05) is 18.0 Å². The van der Waals surface area contributed by atoms with Crippen LogP contribution >= 0.6 is 11.6 Å². The monoisotopic (exact) mass is 553 g/mol. The topological polar surface area (TPSA) is 96.3 Å². The molecule has 0 saturated carbocycles. The summed E-state index contributed by atoms with van der Waals surface area (Å²) in [4.78, 5) is 24.2. The number of rotatable bonds is 6. The molecule has 0 aliphatic carbocycles. The van der Waals surface area contributed by atoms with Gasteiger partial charge in [-0.2, -0.15) is 13.2 Å². The number of fused-ring (bicyclic) bond motifs is 1. The molecule has 38 heavy (non-hydrogen) atoms. The zero-order valence-electron chi connectivity index (χ0n) is 19.8. The minimum Gasteiger partial charge on any atom is -0.482 e. The Morgan fingerprint density at radius 1 is 1.11 bits per heavy atom. The van der Waals surface area contributed by atoms with Gasteiger partial charge in [-0.3, -0.25) is 4.79 Å². The number of benzene rings is 3. The molecule has 0 radical (unpaired) electrons. The summed E-state index contributed by atoms with van der Waals surface area (Å²) >= 11 is 6.31. The second-order valence-electron chi connectivity index (χ2n) is 8.64. The van der Waals surface area contributed by atoms with Crippen molar-refractivity contribution in [2.45, 2.75) is 24.6 Å². The molecule has 1 aliphatic heterocycles. The minimum atomic E-state index is -5.14. The first kappa shape index (κ1) is 27.2. The summed E-state index contributed by atoms with van der Waals surface area (Å²) in [5.41, 5.74) is -4.34. The van der Waals surface area contributed by atoms with E-state index in [0.29, 0.717) is 0 Å². The second-order valence-corrected chi connectivity index (χ2v) is 9.05. The number of carbonyl (C=O) groups excluding carboxylic acids is 1. The Hall–Kier alpha value is -3.83. The van der Waals surface area contributed by atoms with Crippen molar-refractivity contribution in [2.75, 3.05) is 18.6 Å². The number of carboxylic acids is 1. The van der Waals surface area contributed by atoms with Crippen LogP contribution in [0.5, 0.6) is 17.2 Å². The number of hydrogen-bond acceptors (Lipinski definition) is 5. The number of anilines is 1. The molecular weight excluding hydrogens is 534 g/mol. The Morgan fingerprint density at radius 2 is 1.76 bits per heavy atom. The highest BCUT2D eigenvalue weighted by atomic mass is 35.5. The van der Waals surface area contributed by atoms with E-state index in [1.54, 1.807) is 0 Å².